The molecule has 0 unspecified atom stereocenters. The number of hydrogen-bond donors (Lipinski definition) is 2. The highest BCUT2D eigenvalue weighted by molar-refractivity contribution is 5.61. The molecule has 72 valence electrons. The van der Waals surface area contributed by atoms with Crippen molar-refractivity contribution in [1.82, 2.24) is 0 Å². The van der Waals surface area contributed by atoms with E-state index in [0.717, 1.165) is 0 Å². The van der Waals surface area contributed by atoms with Gasteiger partial charge in [0, 0.05) is 7.05 Å². The van der Waals surface area contributed by atoms with Crippen molar-refractivity contribution in [3.8, 4) is 11.5 Å². The minimum atomic E-state index is 0.0676. The van der Waals surface area contributed by atoms with Crippen LogP contribution < -0.4 is 10.1 Å². The maximum atomic E-state index is 9.65. The fourth-order valence-electron chi connectivity index (χ4n) is 1.07. The van der Waals surface area contributed by atoms with E-state index >= 15 is 0 Å². The second kappa shape index (κ2) is 4.03. The quantitative estimate of drug-likeness (QED) is 0.702. The maximum absolute atomic E-state index is 9.65. The first-order valence-corrected chi connectivity index (χ1v) is 4.31. The summed E-state index contributed by atoms with van der Waals surface area (Å²) in [4.78, 5) is 0. The molecule has 0 saturated heterocycles. The van der Waals surface area contributed by atoms with E-state index in [1.807, 2.05) is 19.9 Å². The Morgan fingerprint density at radius 3 is 2.62 bits per heavy atom. The zero-order valence-electron chi connectivity index (χ0n) is 8.16. The predicted molar refractivity (Wildman–Crippen MR) is 53.4 cm³/mol. The van der Waals surface area contributed by atoms with Crippen molar-refractivity contribution in [3.05, 3.63) is 18.2 Å². The lowest BCUT2D eigenvalue weighted by Crippen LogP contribution is -2.06. The molecule has 0 aromatic heterocycles. The van der Waals surface area contributed by atoms with Crippen LogP contribution in [0.1, 0.15) is 13.8 Å². The number of rotatable bonds is 3. The van der Waals surface area contributed by atoms with Crippen molar-refractivity contribution < 1.29 is 9.84 Å². The van der Waals surface area contributed by atoms with E-state index in [1.165, 1.54) is 0 Å². The van der Waals surface area contributed by atoms with Crippen LogP contribution in [0.3, 0.4) is 0 Å². The standard InChI is InChI=1S/C10H15NO2/c1-7(2)13-9-6-4-5-8(11-3)10(9)12/h4-7,11-12H,1-3H3. The Bertz CT molecular complexity index is 284. The number of para-hydroxylation sites is 1. The van der Waals surface area contributed by atoms with Gasteiger partial charge >= 0.3 is 0 Å². The molecule has 0 fully saturated rings. The van der Waals surface area contributed by atoms with Crippen LogP contribution in [0.4, 0.5) is 5.69 Å². The Hall–Kier alpha value is -1.38. The molecule has 0 atom stereocenters. The van der Waals surface area contributed by atoms with Crippen LogP contribution in [-0.2, 0) is 0 Å². The number of nitrogens with one attached hydrogen (secondary N) is 1. The van der Waals surface area contributed by atoms with Gasteiger partial charge in [-0.15, -0.1) is 0 Å². The first kappa shape index (κ1) is 9.71. The third-order valence-electron chi connectivity index (χ3n) is 1.63. The van der Waals surface area contributed by atoms with Gasteiger partial charge in [0.05, 0.1) is 11.8 Å². The molecule has 0 aliphatic carbocycles. The lowest BCUT2D eigenvalue weighted by atomic mass is 10.2. The average molecular weight is 181 g/mol. The van der Waals surface area contributed by atoms with Crippen molar-refractivity contribution in [3.63, 3.8) is 0 Å². The average Bonchev–Trinajstić information content (AvgIpc) is 2.08. The lowest BCUT2D eigenvalue weighted by Gasteiger charge is -2.13. The largest absolute Gasteiger partial charge is 0.503 e. The summed E-state index contributed by atoms with van der Waals surface area (Å²) < 4.78 is 5.40. The Morgan fingerprint density at radius 2 is 2.08 bits per heavy atom. The van der Waals surface area contributed by atoms with Crippen LogP contribution in [0, 0.1) is 0 Å². The molecule has 3 nitrogen and oxygen atoms in total. The molecule has 0 aliphatic rings. The summed E-state index contributed by atoms with van der Waals surface area (Å²) in [6.07, 6.45) is 0.0676. The minimum absolute atomic E-state index is 0.0676. The SMILES string of the molecule is CNc1cccc(OC(C)C)c1O. The van der Waals surface area contributed by atoms with Crippen molar-refractivity contribution in [2.24, 2.45) is 0 Å². The van der Waals surface area contributed by atoms with Gasteiger partial charge in [-0.3, -0.25) is 0 Å². The molecule has 0 radical (unpaired) electrons. The summed E-state index contributed by atoms with van der Waals surface area (Å²) in [6, 6.07) is 5.38. The second-order valence-electron chi connectivity index (χ2n) is 3.07. The number of anilines is 1. The van der Waals surface area contributed by atoms with Crippen molar-refractivity contribution in [2.75, 3.05) is 12.4 Å². The van der Waals surface area contributed by atoms with Crippen molar-refractivity contribution in [2.45, 2.75) is 20.0 Å². The zero-order chi connectivity index (χ0) is 9.84. The Balaban J connectivity index is 2.94. The van der Waals surface area contributed by atoms with Crippen molar-refractivity contribution >= 4 is 5.69 Å². The van der Waals surface area contributed by atoms with E-state index in [-0.39, 0.29) is 11.9 Å². The molecule has 13 heavy (non-hydrogen) atoms. The Morgan fingerprint density at radius 1 is 1.38 bits per heavy atom. The molecule has 1 rings (SSSR count). The highest BCUT2D eigenvalue weighted by Crippen LogP contribution is 2.33. The molecule has 2 N–H and O–H groups in total. The van der Waals surface area contributed by atoms with Gasteiger partial charge in [-0.25, -0.2) is 0 Å². The second-order valence-corrected chi connectivity index (χ2v) is 3.07. The number of hydrogen-bond acceptors (Lipinski definition) is 3. The summed E-state index contributed by atoms with van der Waals surface area (Å²) in [5.41, 5.74) is 0.679. The normalized spacial score (nSPS) is 10.2. The highest BCUT2D eigenvalue weighted by atomic mass is 16.5. The van der Waals surface area contributed by atoms with Crippen LogP contribution in [0.25, 0.3) is 0 Å². The molecule has 0 bridgehead atoms. The van der Waals surface area contributed by atoms with Gasteiger partial charge in [-0.05, 0) is 26.0 Å². The molecule has 1 aromatic rings. The third kappa shape index (κ3) is 2.28. The zero-order valence-corrected chi connectivity index (χ0v) is 8.16. The number of phenols is 1. The fraction of sp³-hybridized carbons (Fsp3) is 0.400. The van der Waals surface area contributed by atoms with E-state index in [0.29, 0.717) is 11.4 Å². The van der Waals surface area contributed by atoms with Crippen LogP contribution >= 0.6 is 0 Å². The summed E-state index contributed by atoms with van der Waals surface area (Å²) in [6.45, 7) is 3.84. The molecular weight excluding hydrogens is 166 g/mol. The topological polar surface area (TPSA) is 41.5 Å². The smallest absolute Gasteiger partial charge is 0.181 e. The van der Waals surface area contributed by atoms with Gasteiger partial charge in [-0.2, -0.15) is 0 Å². The predicted octanol–water partition coefficient (Wildman–Crippen LogP) is 2.22. The first-order chi connectivity index (χ1) is 6.15. The van der Waals surface area contributed by atoms with Gasteiger partial charge in [-0.1, -0.05) is 6.07 Å². The maximum Gasteiger partial charge on any atom is 0.181 e. The first-order valence-electron chi connectivity index (χ1n) is 4.31. The van der Waals surface area contributed by atoms with Crippen LogP contribution in [-0.4, -0.2) is 18.3 Å². The Labute approximate surface area is 78.3 Å². The molecule has 3 heteroatoms. The summed E-state index contributed by atoms with van der Waals surface area (Å²) in [7, 11) is 1.76. The van der Waals surface area contributed by atoms with E-state index in [1.54, 1.807) is 19.2 Å². The van der Waals surface area contributed by atoms with Crippen molar-refractivity contribution in [1.29, 1.82) is 0 Å². The van der Waals surface area contributed by atoms with E-state index in [9.17, 15) is 5.11 Å². The molecule has 0 aliphatic heterocycles. The van der Waals surface area contributed by atoms with Gasteiger partial charge in [0.15, 0.2) is 11.5 Å². The van der Waals surface area contributed by atoms with Crippen LogP contribution in [0.2, 0.25) is 0 Å². The van der Waals surface area contributed by atoms with Crippen LogP contribution in [0.15, 0.2) is 18.2 Å². The van der Waals surface area contributed by atoms with Gasteiger partial charge in [0.2, 0.25) is 0 Å². The minimum Gasteiger partial charge on any atom is -0.503 e. The number of phenolic OH excluding ortho intramolecular Hbond substituents is 1. The molecular formula is C10H15NO2. The highest BCUT2D eigenvalue weighted by Gasteiger charge is 2.07. The summed E-state index contributed by atoms with van der Waals surface area (Å²) in [5.74, 6) is 0.681. The lowest BCUT2D eigenvalue weighted by molar-refractivity contribution is 0.232. The summed E-state index contributed by atoms with van der Waals surface area (Å²) in [5, 5.41) is 12.5. The van der Waals surface area contributed by atoms with Crippen LogP contribution in [0.5, 0.6) is 11.5 Å². The van der Waals surface area contributed by atoms with Gasteiger partial charge in [0.25, 0.3) is 0 Å². The molecule has 1 aromatic carbocycles. The molecule has 0 saturated carbocycles. The summed E-state index contributed by atoms with van der Waals surface area (Å²) >= 11 is 0. The van der Waals surface area contributed by atoms with Gasteiger partial charge < -0.3 is 15.2 Å². The molecule has 0 amide bonds. The Kier molecular flexibility index (Phi) is 3.01. The number of benzene rings is 1. The fourth-order valence-corrected chi connectivity index (χ4v) is 1.07. The third-order valence-corrected chi connectivity index (χ3v) is 1.63. The van der Waals surface area contributed by atoms with E-state index < -0.39 is 0 Å². The van der Waals surface area contributed by atoms with Gasteiger partial charge in [0.1, 0.15) is 0 Å². The van der Waals surface area contributed by atoms with E-state index in [2.05, 4.69) is 5.32 Å². The molecule has 0 spiro atoms. The molecule has 0 heterocycles. The van der Waals surface area contributed by atoms with E-state index in [4.69, 9.17) is 4.74 Å². The monoisotopic (exact) mass is 181 g/mol. The number of aromatic hydroxyl groups is 1. The number of ether oxygens (including phenoxy) is 1.